The van der Waals surface area contributed by atoms with Gasteiger partial charge in [-0.2, -0.15) is 0 Å². The molecule has 0 bridgehead atoms. The molecule has 0 aliphatic carbocycles. The van der Waals surface area contributed by atoms with Crippen LogP contribution in [-0.2, 0) is 4.74 Å². The van der Waals surface area contributed by atoms with Gasteiger partial charge in [-0.3, -0.25) is 4.79 Å². The van der Waals surface area contributed by atoms with Gasteiger partial charge in [-0.1, -0.05) is 25.2 Å². The average molecular weight is 312 g/mol. The molecule has 0 spiro atoms. The molecule has 4 N–H and O–H groups in total. The molecule has 0 aromatic carbocycles. The highest BCUT2D eigenvalue weighted by atomic mass is 32.1. The van der Waals surface area contributed by atoms with E-state index < -0.39 is 0 Å². The van der Waals surface area contributed by atoms with Crippen molar-refractivity contribution in [3.63, 3.8) is 0 Å². The standard InChI is InChI=1S/C14H24N4O2S/c1-9(2)7-17-14-18-12(15)11(21-14)13(19)16-5-3-10-4-6-20-8-10/h9-10H,3-8,15H2,1-2H3,(H,16,19)(H,17,18). The molecule has 1 aromatic heterocycles. The number of nitrogen functional groups attached to an aromatic ring is 1. The van der Waals surface area contributed by atoms with E-state index >= 15 is 0 Å². The Labute approximate surface area is 129 Å². The quantitative estimate of drug-likeness (QED) is 0.716. The van der Waals surface area contributed by atoms with Crippen molar-refractivity contribution in [3.8, 4) is 0 Å². The van der Waals surface area contributed by atoms with E-state index in [0.29, 0.717) is 34.2 Å². The lowest BCUT2D eigenvalue weighted by Crippen LogP contribution is -2.26. The summed E-state index contributed by atoms with van der Waals surface area (Å²) in [5.41, 5.74) is 5.82. The van der Waals surface area contributed by atoms with Gasteiger partial charge in [0.05, 0.1) is 0 Å². The molecule has 21 heavy (non-hydrogen) atoms. The maximum atomic E-state index is 12.1. The minimum absolute atomic E-state index is 0.137. The molecule has 1 atom stereocenters. The topological polar surface area (TPSA) is 89.3 Å². The average Bonchev–Trinajstić information content (AvgIpc) is 3.06. The Kier molecular flexibility index (Phi) is 5.81. The minimum Gasteiger partial charge on any atom is -0.382 e. The molecular formula is C14H24N4O2S. The van der Waals surface area contributed by atoms with Gasteiger partial charge in [0, 0.05) is 26.3 Å². The van der Waals surface area contributed by atoms with Crippen LogP contribution in [0, 0.1) is 11.8 Å². The number of amides is 1. The molecule has 0 radical (unpaired) electrons. The summed E-state index contributed by atoms with van der Waals surface area (Å²) in [4.78, 5) is 16.8. The second-order valence-corrected chi connectivity index (χ2v) is 6.78. The molecule has 118 valence electrons. The number of hydrogen-bond donors (Lipinski definition) is 3. The number of carbonyl (C=O) groups is 1. The van der Waals surface area contributed by atoms with Crippen molar-refractivity contribution < 1.29 is 9.53 Å². The Morgan fingerprint density at radius 3 is 3.05 bits per heavy atom. The highest BCUT2D eigenvalue weighted by Gasteiger charge is 2.18. The fraction of sp³-hybridized carbons (Fsp3) is 0.714. The number of anilines is 2. The Hall–Kier alpha value is -1.34. The number of nitrogens with one attached hydrogen (secondary N) is 2. The van der Waals surface area contributed by atoms with Crippen molar-refractivity contribution in [3.05, 3.63) is 4.88 Å². The molecule has 1 aromatic rings. The predicted molar refractivity (Wildman–Crippen MR) is 85.7 cm³/mol. The van der Waals surface area contributed by atoms with Crippen LogP contribution in [0.2, 0.25) is 0 Å². The first kappa shape index (κ1) is 16.0. The zero-order valence-corrected chi connectivity index (χ0v) is 13.5. The first-order valence-corrected chi connectivity index (χ1v) is 8.24. The van der Waals surface area contributed by atoms with E-state index in [1.54, 1.807) is 0 Å². The van der Waals surface area contributed by atoms with Gasteiger partial charge < -0.3 is 21.1 Å². The van der Waals surface area contributed by atoms with Gasteiger partial charge in [0.15, 0.2) is 5.13 Å². The maximum Gasteiger partial charge on any atom is 0.265 e. The number of hydrogen-bond acceptors (Lipinski definition) is 6. The molecule has 2 heterocycles. The van der Waals surface area contributed by atoms with Crippen LogP contribution < -0.4 is 16.4 Å². The summed E-state index contributed by atoms with van der Waals surface area (Å²) in [6, 6.07) is 0. The number of nitrogens with zero attached hydrogens (tertiary/aromatic N) is 1. The van der Waals surface area contributed by atoms with Crippen LogP contribution in [0.25, 0.3) is 0 Å². The molecule has 0 saturated carbocycles. The van der Waals surface area contributed by atoms with Crippen LogP contribution in [0.15, 0.2) is 0 Å². The molecule has 2 rings (SSSR count). The summed E-state index contributed by atoms with van der Waals surface area (Å²) in [7, 11) is 0. The lowest BCUT2D eigenvalue weighted by atomic mass is 10.1. The molecule has 1 amide bonds. The molecule has 1 fully saturated rings. The lowest BCUT2D eigenvalue weighted by molar-refractivity contribution is 0.0955. The maximum absolute atomic E-state index is 12.1. The molecule has 7 heteroatoms. The van der Waals surface area contributed by atoms with Crippen LogP contribution in [0.3, 0.4) is 0 Å². The summed E-state index contributed by atoms with van der Waals surface area (Å²) < 4.78 is 5.32. The van der Waals surface area contributed by atoms with Gasteiger partial charge in [0.1, 0.15) is 10.7 Å². The Bertz CT molecular complexity index is 470. The van der Waals surface area contributed by atoms with Crippen molar-refractivity contribution in [2.45, 2.75) is 26.7 Å². The van der Waals surface area contributed by atoms with Gasteiger partial charge in [0.25, 0.3) is 5.91 Å². The molecule has 1 aliphatic rings. The monoisotopic (exact) mass is 312 g/mol. The van der Waals surface area contributed by atoms with Crippen molar-refractivity contribution in [2.75, 3.05) is 37.4 Å². The molecule has 6 nitrogen and oxygen atoms in total. The molecule has 1 unspecified atom stereocenters. The minimum atomic E-state index is -0.137. The molecule has 1 aliphatic heterocycles. The number of carbonyl (C=O) groups excluding carboxylic acids is 1. The Balaban J connectivity index is 1.80. The SMILES string of the molecule is CC(C)CNc1nc(N)c(C(=O)NCCC2CCOC2)s1. The Morgan fingerprint density at radius 1 is 1.57 bits per heavy atom. The number of ether oxygens (including phenoxy) is 1. The van der Waals surface area contributed by atoms with Gasteiger partial charge in [0.2, 0.25) is 0 Å². The van der Waals surface area contributed by atoms with Crippen molar-refractivity contribution >= 4 is 28.2 Å². The predicted octanol–water partition coefficient (Wildman–Crippen LogP) is 1.95. The first-order chi connectivity index (χ1) is 10.1. The van der Waals surface area contributed by atoms with Gasteiger partial charge in [-0.25, -0.2) is 4.98 Å². The summed E-state index contributed by atoms with van der Waals surface area (Å²) in [6.45, 7) is 7.34. The van der Waals surface area contributed by atoms with E-state index in [1.807, 2.05) is 0 Å². The van der Waals surface area contributed by atoms with Crippen molar-refractivity contribution in [1.29, 1.82) is 0 Å². The second kappa shape index (κ2) is 7.61. The summed E-state index contributed by atoms with van der Waals surface area (Å²) in [5, 5.41) is 6.81. The van der Waals surface area contributed by atoms with E-state index in [2.05, 4.69) is 29.5 Å². The van der Waals surface area contributed by atoms with E-state index in [0.717, 1.165) is 32.6 Å². The molecular weight excluding hydrogens is 288 g/mol. The van der Waals surface area contributed by atoms with Crippen LogP contribution in [0.1, 0.15) is 36.4 Å². The summed E-state index contributed by atoms with van der Waals surface area (Å²) in [6.07, 6.45) is 2.03. The molecule has 1 saturated heterocycles. The third-order valence-electron chi connectivity index (χ3n) is 3.38. The fourth-order valence-electron chi connectivity index (χ4n) is 2.14. The number of aromatic nitrogens is 1. The van der Waals surface area contributed by atoms with Gasteiger partial charge >= 0.3 is 0 Å². The zero-order chi connectivity index (χ0) is 15.2. The fourth-order valence-corrected chi connectivity index (χ4v) is 2.95. The number of rotatable bonds is 7. The highest BCUT2D eigenvalue weighted by Crippen LogP contribution is 2.25. The Morgan fingerprint density at radius 2 is 2.38 bits per heavy atom. The van der Waals surface area contributed by atoms with Crippen LogP contribution >= 0.6 is 11.3 Å². The summed E-state index contributed by atoms with van der Waals surface area (Å²) >= 11 is 1.31. The number of thiazole rings is 1. The third-order valence-corrected chi connectivity index (χ3v) is 4.41. The van der Waals surface area contributed by atoms with E-state index in [4.69, 9.17) is 10.5 Å². The summed E-state index contributed by atoms with van der Waals surface area (Å²) in [5.74, 6) is 1.24. The van der Waals surface area contributed by atoms with Crippen LogP contribution in [0.5, 0.6) is 0 Å². The van der Waals surface area contributed by atoms with Crippen molar-refractivity contribution in [2.24, 2.45) is 11.8 Å². The van der Waals surface area contributed by atoms with E-state index in [1.165, 1.54) is 11.3 Å². The highest BCUT2D eigenvalue weighted by molar-refractivity contribution is 7.18. The normalized spacial score (nSPS) is 18.1. The third kappa shape index (κ3) is 4.86. The lowest BCUT2D eigenvalue weighted by Gasteiger charge is -2.08. The van der Waals surface area contributed by atoms with Crippen LogP contribution in [0.4, 0.5) is 10.9 Å². The van der Waals surface area contributed by atoms with E-state index in [-0.39, 0.29) is 5.91 Å². The smallest absolute Gasteiger partial charge is 0.265 e. The first-order valence-electron chi connectivity index (χ1n) is 7.42. The largest absolute Gasteiger partial charge is 0.382 e. The zero-order valence-electron chi connectivity index (χ0n) is 12.6. The van der Waals surface area contributed by atoms with Crippen molar-refractivity contribution in [1.82, 2.24) is 10.3 Å². The van der Waals surface area contributed by atoms with E-state index in [9.17, 15) is 4.79 Å². The van der Waals surface area contributed by atoms with Crippen LogP contribution in [-0.4, -0.2) is 37.2 Å². The second-order valence-electron chi connectivity index (χ2n) is 5.78. The number of nitrogens with two attached hydrogens (primary N) is 1. The van der Waals surface area contributed by atoms with Gasteiger partial charge in [-0.15, -0.1) is 0 Å². The van der Waals surface area contributed by atoms with Gasteiger partial charge in [-0.05, 0) is 24.7 Å².